The summed E-state index contributed by atoms with van der Waals surface area (Å²) in [6.07, 6.45) is -6.09. The van der Waals surface area contributed by atoms with Gasteiger partial charge < -0.3 is 20.3 Å². The molecule has 3 aromatic heterocycles. The number of anilines is 4. The minimum atomic E-state index is -5.77. The normalized spacial score (nSPS) is 14.2. The van der Waals surface area contributed by atoms with Gasteiger partial charge in [0.2, 0.25) is 12.2 Å². The molecular weight excluding hydrogens is 852 g/mol. The maximum absolute atomic E-state index is 12.9. The van der Waals surface area contributed by atoms with E-state index in [4.69, 9.17) is 32.7 Å². The number of nitrogens with one attached hydrogen (secondary N) is 2. The first kappa shape index (κ1) is 46.1. The van der Waals surface area contributed by atoms with E-state index < -0.39 is 36.4 Å². The second-order valence-corrected chi connectivity index (χ2v) is 13.3. The van der Waals surface area contributed by atoms with E-state index in [2.05, 4.69) is 42.7 Å². The Balaban J connectivity index is 0.000000358. The largest absolute Gasteiger partial charge is 0.493 e. The molecule has 2 N–H and O–H groups in total. The van der Waals surface area contributed by atoms with Crippen molar-refractivity contribution in [2.75, 3.05) is 30.3 Å². The molecule has 59 heavy (non-hydrogen) atoms. The zero-order valence-corrected chi connectivity index (χ0v) is 31.5. The predicted octanol–water partition coefficient (Wildman–Crippen LogP) is 8.48. The molecule has 5 heterocycles. The zero-order valence-electron chi connectivity index (χ0n) is 30.0. The zero-order chi connectivity index (χ0) is 43.5. The molecule has 2 aliphatic heterocycles. The van der Waals surface area contributed by atoms with Crippen LogP contribution in [0.15, 0.2) is 61.2 Å². The molecule has 1 aromatic carbocycles. The number of ketones is 2. The lowest BCUT2D eigenvalue weighted by Crippen LogP contribution is -2.39. The molecule has 0 radical (unpaired) electrons. The molecule has 0 unspecified atom stereocenters. The summed E-state index contributed by atoms with van der Waals surface area (Å²) in [5, 5.41) is 7.21. The fourth-order valence-electron chi connectivity index (χ4n) is 5.48. The Bertz CT molecular complexity index is 2110. The molecule has 2 aliphatic rings. The van der Waals surface area contributed by atoms with Crippen LogP contribution < -0.4 is 15.4 Å². The summed E-state index contributed by atoms with van der Waals surface area (Å²) < 4.78 is 105. The van der Waals surface area contributed by atoms with E-state index in [9.17, 15) is 53.9 Å². The number of fused-ring (bicyclic) bond motifs is 6. The van der Waals surface area contributed by atoms with Crippen LogP contribution in [0.25, 0.3) is 0 Å². The lowest BCUT2D eigenvalue weighted by Gasteiger charge is -2.32. The number of pyridine rings is 2. The van der Waals surface area contributed by atoms with Gasteiger partial charge in [-0.25, -0.2) is 9.97 Å². The number of hydrogen-bond donors (Lipinski definition) is 2. The Kier molecular flexibility index (Phi) is 15.6. The van der Waals surface area contributed by atoms with Crippen molar-refractivity contribution in [2.45, 2.75) is 50.6 Å². The van der Waals surface area contributed by atoms with Gasteiger partial charge in [-0.3, -0.25) is 24.2 Å². The summed E-state index contributed by atoms with van der Waals surface area (Å²) in [5.74, 6) is -4.56. The van der Waals surface area contributed by atoms with Crippen LogP contribution in [0.5, 0.6) is 5.75 Å². The van der Waals surface area contributed by atoms with Gasteiger partial charge in [0.15, 0.2) is 5.82 Å². The molecule has 0 saturated carbocycles. The number of aromatic nitrogens is 4. The minimum Gasteiger partial charge on any atom is -0.493 e. The summed E-state index contributed by atoms with van der Waals surface area (Å²) in [4.78, 5) is 59.9. The lowest BCUT2D eigenvalue weighted by atomic mass is 9.93. The number of amides is 1. The third-order valence-corrected chi connectivity index (χ3v) is 8.91. The highest BCUT2D eigenvalue weighted by molar-refractivity contribution is 6.41. The number of nitrogens with zero attached hydrogens (tertiary/aromatic N) is 5. The summed E-state index contributed by atoms with van der Waals surface area (Å²) in [7, 11) is 0. The SMILES string of the molecule is O=C(C(=O)C(F)(F)F)C(F)(F)F.O=C(c1cccnc1Cl)N1CCC(CCOc2ccc3cc2CCc2cncc(c2)Nc2ncc(Cl)c(n2)N3)CC1.O=CC(F)(F)F. The topological polar surface area (TPSA) is 156 Å². The van der Waals surface area contributed by atoms with Crippen LogP contribution in [0.1, 0.15) is 40.7 Å². The van der Waals surface area contributed by atoms with Gasteiger partial charge in [0.1, 0.15) is 15.9 Å². The molecule has 316 valence electrons. The molecule has 6 rings (SSSR count). The van der Waals surface area contributed by atoms with Crippen LogP contribution >= 0.6 is 23.2 Å². The molecule has 4 aromatic rings. The van der Waals surface area contributed by atoms with Gasteiger partial charge in [-0.15, -0.1) is 0 Å². The fourth-order valence-corrected chi connectivity index (χ4v) is 5.82. The van der Waals surface area contributed by atoms with E-state index in [0.29, 0.717) is 48.0 Å². The number of likely N-dealkylation sites (tertiary alicyclic amines) is 1. The van der Waals surface area contributed by atoms with Gasteiger partial charge >= 0.3 is 30.1 Å². The first-order valence-corrected chi connectivity index (χ1v) is 17.8. The van der Waals surface area contributed by atoms with Crippen LogP contribution in [-0.2, 0) is 27.2 Å². The first-order chi connectivity index (χ1) is 27.6. The number of aryl methyl sites for hydroxylation is 2. The Morgan fingerprint density at radius 3 is 2.12 bits per heavy atom. The van der Waals surface area contributed by atoms with Crippen LogP contribution in [0.4, 0.5) is 62.7 Å². The van der Waals surface area contributed by atoms with Gasteiger partial charge in [-0.1, -0.05) is 23.2 Å². The number of aldehydes is 1. The number of ether oxygens (including phenoxy) is 1. The van der Waals surface area contributed by atoms with Gasteiger partial charge in [0.25, 0.3) is 5.91 Å². The quantitative estimate of drug-likeness (QED) is 0.0829. The number of rotatable bonds is 6. The Labute approximate surface area is 338 Å². The van der Waals surface area contributed by atoms with Crippen LogP contribution in [0, 0.1) is 5.92 Å². The third-order valence-electron chi connectivity index (χ3n) is 8.33. The Hall–Kier alpha value is -5.57. The van der Waals surface area contributed by atoms with E-state index >= 15 is 0 Å². The van der Waals surface area contributed by atoms with E-state index in [0.717, 1.165) is 60.4 Å². The molecule has 0 aliphatic carbocycles. The van der Waals surface area contributed by atoms with Crippen molar-refractivity contribution < 1.29 is 63.4 Å². The van der Waals surface area contributed by atoms with Crippen LogP contribution in [0.3, 0.4) is 0 Å². The van der Waals surface area contributed by atoms with Crippen LogP contribution in [0.2, 0.25) is 10.2 Å². The van der Waals surface area contributed by atoms with Crippen molar-refractivity contribution >= 4 is 70.1 Å². The Morgan fingerprint density at radius 2 is 1.51 bits per heavy atom. The fraction of sp³-hybridized carbons (Fsp3) is 0.333. The van der Waals surface area contributed by atoms with Crippen molar-refractivity contribution in [2.24, 2.45) is 5.92 Å². The molecule has 1 amide bonds. The van der Waals surface area contributed by atoms with Gasteiger partial charge in [-0.05, 0) is 85.5 Å². The standard InChI is InChI=1S/C30H29Cl2N7O2.C4F6O2.C2HF3O/c31-25-18-35-30-37-23-14-20(16-33-17-23)3-4-21-15-22(36-28(25)38-30)5-6-26(21)41-13-9-19-7-11-39(12-8-19)29(40)24-2-1-10-34-27(24)32;5-3(6,7)1(11)2(12)4(8,9)10;3-2(4,5)1-6/h1-2,5-6,10,14-19H,3-4,7-9,11-13H2,(H2,35,36,37,38);;1H. The highest BCUT2D eigenvalue weighted by atomic mass is 35.5. The van der Waals surface area contributed by atoms with Crippen molar-refractivity contribution in [1.82, 2.24) is 24.8 Å². The number of Topliss-reactive ketones (excluding diaryl/α,β-unsaturated/α-hetero) is 2. The monoisotopic (exact) mass is 881 g/mol. The smallest absolute Gasteiger partial charge is 0.458 e. The second kappa shape index (κ2) is 19.9. The molecule has 0 atom stereocenters. The average Bonchev–Trinajstić information content (AvgIpc) is 3.18. The summed E-state index contributed by atoms with van der Waals surface area (Å²) >= 11 is 12.5. The highest BCUT2D eigenvalue weighted by Gasteiger charge is 2.54. The van der Waals surface area contributed by atoms with Crippen molar-refractivity contribution in [3.8, 4) is 5.75 Å². The first-order valence-electron chi connectivity index (χ1n) is 17.1. The third kappa shape index (κ3) is 14.0. The number of carbonyl (C=O) groups is 4. The number of benzene rings is 1. The summed E-state index contributed by atoms with van der Waals surface area (Å²) in [6.45, 7) is 2.01. The molecule has 1 fully saturated rings. The van der Waals surface area contributed by atoms with Gasteiger partial charge in [0.05, 0.1) is 30.3 Å². The lowest BCUT2D eigenvalue weighted by molar-refractivity contribution is -0.193. The number of alkyl halides is 9. The second-order valence-electron chi connectivity index (χ2n) is 12.6. The molecule has 6 bridgehead atoms. The Morgan fingerprint density at radius 1 is 0.847 bits per heavy atom. The number of hydrogen-bond acceptors (Lipinski definition) is 11. The van der Waals surface area contributed by atoms with Crippen molar-refractivity contribution in [1.29, 1.82) is 0 Å². The predicted molar refractivity (Wildman–Crippen MR) is 194 cm³/mol. The van der Waals surface area contributed by atoms with E-state index in [1.54, 1.807) is 30.7 Å². The molecular formula is C36H30Cl2F9N7O5. The maximum atomic E-state index is 12.9. The number of carbonyl (C=O) groups excluding carboxylic acids is 4. The molecule has 0 spiro atoms. The van der Waals surface area contributed by atoms with Crippen molar-refractivity contribution in [3.63, 3.8) is 0 Å². The molecule has 23 heteroatoms. The average molecular weight is 883 g/mol. The number of piperidine rings is 1. The maximum Gasteiger partial charge on any atom is 0.458 e. The van der Waals surface area contributed by atoms with E-state index in [1.165, 1.54) is 0 Å². The molecule has 1 saturated heterocycles. The minimum absolute atomic E-state index is 0.0532. The van der Waals surface area contributed by atoms with E-state index in [-0.39, 0.29) is 11.1 Å². The van der Waals surface area contributed by atoms with Crippen LogP contribution in [-0.4, -0.2) is 86.8 Å². The molecule has 12 nitrogen and oxygen atoms in total. The van der Waals surface area contributed by atoms with Gasteiger partial charge in [-0.2, -0.15) is 44.5 Å². The summed E-state index contributed by atoms with van der Waals surface area (Å²) in [5.41, 5.74) is 4.33. The van der Waals surface area contributed by atoms with Gasteiger partial charge in [0, 0.05) is 31.2 Å². The number of halogens is 11. The highest BCUT2D eigenvalue weighted by Crippen LogP contribution is 2.31. The van der Waals surface area contributed by atoms with Crippen molar-refractivity contribution in [3.05, 3.63) is 88.1 Å². The summed E-state index contributed by atoms with van der Waals surface area (Å²) in [6, 6.07) is 11.6. The van der Waals surface area contributed by atoms with E-state index in [1.807, 2.05) is 23.2 Å².